The minimum atomic E-state index is 0.441. The fourth-order valence-corrected chi connectivity index (χ4v) is 1.72. The van der Waals surface area contributed by atoms with Gasteiger partial charge in [-0.1, -0.05) is 10.4 Å². The minimum Gasteiger partial charge on any atom is -0.461 e. The van der Waals surface area contributed by atoms with Crippen molar-refractivity contribution in [1.29, 1.82) is 0 Å². The van der Waals surface area contributed by atoms with Gasteiger partial charge >= 0.3 is 0 Å². The number of aromatic nitrogens is 4. The van der Waals surface area contributed by atoms with Gasteiger partial charge in [0.15, 0.2) is 5.76 Å². The Balaban J connectivity index is 1.72. The van der Waals surface area contributed by atoms with Gasteiger partial charge in [-0.05, 0) is 12.1 Å². The maximum absolute atomic E-state index is 5.23. The third kappa shape index (κ3) is 2.55. The van der Waals surface area contributed by atoms with Crippen LogP contribution in [-0.2, 0) is 17.9 Å². The zero-order valence-electron chi connectivity index (χ0n) is 10.3. The number of ether oxygens (including phenoxy) is 1. The van der Waals surface area contributed by atoms with E-state index < -0.39 is 0 Å². The van der Waals surface area contributed by atoms with Gasteiger partial charge in [-0.15, -0.1) is 5.10 Å². The highest BCUT2D eigenvalue weighted by molar-refractivity contribution is 5.49. The van der Waals surface area contributed by atoms with Crippen molar-refractivity contribution in [2.24, 2.45) is 0 Å². The highest BCUT2D eigenvalue weighted by Crippen LogP contribution is 2.20. The molecule has 0 aromatic carbocycles. The second-order valence-corrected chi connectivity index (χ2v) is 4.00. The summed E-state index contributed by atoms with van der Waals surface area (Å²) >= 11 is 0. The predicted molar refractivity (Wildman–Crippen MR) is 64.0 cm³/mol. The average Bonchev–Trinajstić information content (AvgIpc) is 3.10. The molecule has 0 saturated heterocycles. The third-order valence-electron chi connectivity index (χ3n) is 2.53. The van der Waals surface area contributed by atoms with Gasteiger partial charge in [0.1, 0.15) is 11.4 Å². The Kier molecular flexibility index (Phi) is 3.11. The Morgan fingerprint density at radius 3 is 3.05 bits per heavy atom. The summed E-state index contributed by atoms with van der Waals surface area (Å²) in [5.41, 5.74) is 1.53. The molecule has 0 aliphatic carbocycles. The van der Waals surface area contributed by atoms with Gasteiger partial charge in [0.05, 0.1) is 25.6 Å². The molecule has 0 atom stereocenters. The number of hydrogen-bond donors (Lipinski definition) is 0. The third-order valence-corrected chi connectivity index (χ3v) is 2.53. The van der Waals surface area contributed by atoms with E-state index in [0.717, 1.165) is 11.4 Å². The molecule has 3 aromatic rings. The van der Waals surface area contributed by atoms with Crippen molar-refractivity contribution >= 4 is 0 Å². The second kappa shape index (κ2) is 5.07. The van der Waals surface area contributed by atoms with Crippen LogP contribution in [0.15, 0.2) is 39.6 Å². The summed E-state index contributed by atoms with van der Waals surface area (Å²) in [4.78, 5) is 0. The molecule has 7 heteroatoms. The summed E-state index contributed by atoms with van der Waals surface area (Å²) in [7, 11) is 1.62. The summed E-state index contributed by atoms with van der Waals surface area (Å²) in [6, 6.07) is 5.43. The Labute approximate surface area is 108 Å². The molecule has 98 valence electrons. The lowest BCUT2D eigenvalue weighted by Crippen LogP contribution is -2.00. The molecule has 19 heavy (non-hydrogen) atoms. The van der Waals surface area contributed by atoms with Crippen molar-refractivity contribution in [3.05, 3.63) is 42.0 Å². The molecule has 7 nitrogen and oxygen atoms in total. The van der Waals surface area contributed by atoms with Crippen LogP contribution in [0.3, 0.4) is 0 Å². The van der Waals surface area contributed by atoms with E-state index in [4.69, 9.17) is 13.7 Å². The van der Waals surface area contributed by atoms with E-state index in [9.17, 15) is 0 Å². The van der Waals surface area contributed by atoms with E-state index in [1.165, 1.54) is 0 Å². The molecule has 0 aliphatic heterocycles. The molecule has 0 bridgehead atoms. The molecular formula is C12H12N4O3. The van der Waals surface area contributed by atoms with Crippen LogP contribution < -0.4 is 0 Å². The SMILES string of the molecule is COCc1cn(Cc2cc(-c3ccco3)on2)nn1. The van der Waals surface area contributed by atoms with Crippen LogP contribution in [0, 0.1) is 0 Å². The Morgan fingerprint density at radius 2 is 2.26 bits per heavy atom. The fourth-order valence-electron chi connectivity index (χ4n) is 1.72. The number of rotatable bonds is 5. The molecular weight excluding hydrogens is 248 g/mol. The largest absolute Gasteiger partial charge is 0.461 e. The molecule has 0 saturated carbocycles. The van der Waals surface area contributed by atoms with Gasteiger partial charge in [-0.2, -0.15) is 0 Å². The maximum Gasteiger partial charge on any atom is 0.202 e. The topological polar surface area (TPSA) is 79.1 Å². The van der Waals surface area contributed by atoms with E-state index in [0.29, 0.717) is 24.7 Å². The number of hydrogen-bond acceptors (Lipinski definition) is 6. The standard InChI is InChI=1S/C12H12N4O3/c1-17-8-10-7-16(15-13-10)6-9-5-12(19-14-9)11-3-2-4-18-11/h2-5,7H,6,8H2,1H3. The van der Waals surface area contributed by atoms with Gasteiger partial charge in [-0.25, -0.2) is 4.68 Å². The van der Waals surface area contributed by atoms with Gasteiger partial charge in [0.2, 0.25) is 5.76 Å². The van der Waals surface area contributed by atoms with Crippen LogP contribution in [0.25, 0.3) is 11.5 Å². The molecule has 0 fully saturated rings. The zero-order valence-corrected chi connectivity index (χ0v) is 10.3. The summed E-state index contributed by atoms with van der Waals surface area (Å²) < 4.78 is 17.1. The van der Waals surface area contributed by atoms with Crippen LogP contribution >= 0.6 is 0 Å². The molecule has 0 amide bonds. The minimum absolute atomic E-state index is 0.441. The zero-order chi connectivity index (χ0) is 13.1. The van der Waals surface area contributed by atoms with E-state index in [2.05, 4.69) is 15.5 Å². The molecule has 0 spiro atoms. The first-order valence-electron chi connectivity index (χ1n) is 5.72. The summed E-state index contributed by atoms with van der Waals surface area (Å²) in [6.45, 7) is 0.928. The summed E-state index contributed by atoms with van der Waals surface area (Å²) in [5.74, 6) is 1.25. The quantitative estimate of drug-likeness (QED) is 0.695. The Hall–Kier alpha value is -2.41. The lowest BCUT2D eigenvalue weighted by atomic mass is 10.3. The smallest absolute Gasteiger partial charge is 0.202 e. The first-order chi connectivity index (χ1) is 9.35. The molecule has 0 aliphatic rings. The highest BCUT2D eigenvalue weighted by Gasteiger charge is 2.10. The number of furan rings is 1. The Bertz CT molecular complexity index is 642. The molecule has 0 radical (unpaired) electrons. The van der Waals surface area contributed by atoms with Crippen molar-refractivity contribution in [1.82, 2.24) is 20.2 Å². The van der Waals surface area contributed by atoms with Gasteiger partial charge < -0.3 is 13.7 Å². The van der Waals surface area contributed by atoms with Crippen molar-refractivity contribution in [3.8, 4) is 11.5 Å². The lowest BCUT2D eigenvalue weighted by Gasteiger charge is -1.93. The summed E-state index contributed by atoms with van der Waals surface area (Å²) in [5, 5.41) is 11.9. The van der Waals surface area contributed by atoms with Crippen LogP contribution in [0.5, 0.6) is 0 Å². The van der Waals surface area contributed by atoms with E-state index in [1.807, 2.05) is 18.3 Å². The fraction of sp³-hybridized carbons (Fsp3) is 0.250. The van der Waals surface area contributed by atoms with Crippen LogP contribution in [0.1, 0.15) is 11.4 Å². The van der Waals surface area contributed by atoms with Crippen molar-refractivity contribution in [2.75, 3.05) is 7.11 Å². The normalized spacial score (nSPS) is 11.0. The molecule has 0 unspecified atom stereocenters. The highest BCUT2D eigenvalue weighted by atomic mass is 16.5. The van der Waals surface area contributed by atoms with Crippen LogP contribution in [0.4, 0.5) is 0 Å². The monoisotopic (exact) mass is 260 g/mol. The van der Waals surface area contributed by atoms with E-state index in [-0.39, 0.29) is 0 Å². The lowest BCUT2D eigenvalue weighted by molar-refractivity contribution is 0.181. The van der Waals surface area contributed by atoms with Crippen LogP contribution in [-0.4, -0.2) is 27.3 Å². The molecule has 3 rings (SSSR count). The van der Waals surface area contributed by atoms with Crippen molar-refractivity contribution in [2.45, 2.75) is 13.2 Å². The maximum atomic E-state index is 5.23. The predicted octanol–water partition coefficient (Wildman–Crippen LogP) is 1.72. The van der Waals surface area contributed by atoms with Crippen LogP contribution in [0.2, 0.25) is 0 Å². The number of nitrogens with zero attached hydrogens (tertiary/aromatic N) is 4. The summed E-state index contributed by atoms with van der Waals surface area (Å²) in [6.07, 6.45) is 3.40. The first-order valence-corrected chi connectivity index (χ1v) is 5.72. The van der Waals surface area contributed by atoms with Gasteiger partial charge in [0.25, 0.3) is 0 Å². The molecule has 3 heterocycles. The van der Waals surface area contributed by atoms with E-state index >= 15 is 0 Å². The Morgan fingerprint density at radius 1 is 1.32 bits per heavy atom. The van der Waals surface area contributed by atoms with Crippen molar-refractivity contribution < 1.29 is 13.7 Å². The molecule has 0 N–H and O–H groups in total. The second-order valence-electron chi connectivity index (χ2n) is 4.00. The van der Waals surface area contributed by atoms with Gasteiger partial charge in [-0.3, -0.25) is 0 Å². The van der Waals surface area contributed by atoms with Crippen molar-refractivity contribution in [3.63, 3.8) is 0 Å². The number of methoxy groups -OCH3 is 1. The molecule has 3 aromatic heterocycles. The average molecular weight is 260 g/mol. The van der Waals surface area contributed by atoms with E-state index in [1.54, 1.807) is 24.1 Å². The first kappa shape index (κ1) is 11.7. The van der Waals surface area contributed by atoms with Gasteiger partial charge in [0, 0.05) is 13.2 Å².